The van der Waals surface area contributed by atoms with Crippen molar-refractivity contribution in [3.63, 3.8) is 0 Å². The van der Waals surface area contributed by atoms with Crippen molar-refractivity contribution in [3.05, 3.63) is 47.7 Å². The third kappa shape index (κ3) is 1.98. The summed E-state index contributed by atoms with van der Waals surface area (Å²) in [4.78, 5) is 10.9. The summed E-state index contributed by atoms with van der Waals surface area (Å²) in [5, 5.41) is 0. The van der Waals surface area contributed by atoms with E-state index in [9.17, 15) is 22.4 Å². The van der Waals surface area contributed by atoms with Crippen molar-refractivity contribution in [2.24, 2.45) is 0 Å². The third-order valence-electron chi connectivity index (χ3n) is 1.51. The maximum absolute atomic E-state index is 12.9. The minimum Gasteiger partial charge on any atom is -0.431 e. The molecular weight excluding hydrogens is 216 g/mol. The summed E-state index contributed by atoms with van der Waals surface area (Å²) in [6, 6.07) is 0.208. The van der Waals surface area contributed by atoms with E-state index >= 15 is 0 Å². The van der Waals surface area contributed by atoms with Crippen LogP contribution in [-0.4, -0.2) is 5.97 Å². The number of carbonyl (C=O) groups excluding carboxylic acids is 1. The summed E-state index contributed by atoms with van der Waals surface area (Å²) in [6.07, 6.45) is 0.654. The Morgan fingerprint density at radius 2 is 1.80 bits per heavy atom. The Labute approximate surface area is 81.8 Å². The smallest absolute Gasteiger partial charge is 0.346 e. The van der Waals surface area contributed by atoms with Gasteiger partial charge in [0.25, 0.3) is 0 Å². The van der Waals surface area contributed by atoms with Gasteiger partial charge in [-0.15, -0.1) is 0 Å². The SMILES string of the molecule is C=COC(=O)c1cc(F)c(F)c(F)c1F. The Hall–Kier alpha value is -1.85. The molecule has 0 amide bonds. The molecule has 6 heteroatoms. The number of hydrogen-bond acceptors (Lipinski definition) is 2. The van der Waals surface area contributed by atoms with Gasteiger partial charge in [0.05, 0.1) is 6.26 Å². The van der Waals surface area contributed by atoms with Crippen LogP contribution in [0, 0.1) is 23.3 Å². The minimum absolute atomic E-state index is 0.208. The largest absolute Gasteiger partial charge is 0.431 e. The first-order valence-electron chi connectivity index (χ1n) is 3.64. The van der Waals surface area contributed by atoms with E-state index in [1.807, 2.05) is 0 Å². The van der Waals surface area contributed by atoms with Crippen molar-refractivity contribution in [2.75, 3.05) is 0 Å². The molecule has 0 aliphatic heterocycles. The number of rotatable bonds is 2. The quantitative estimate of drug-likeness (QED) is 0.252. The zero-order valence-electron chi connectivity index (χ0n) is 7.19. The Balaban J connectivity index is 3.31. The highest BCUT2D eigenvalue weighted by Crippen LogP contribution is 2.19. The van der Waals surface area contributed by atoms with Gasteiger partial charge in [0.2, 0.25) is 0 Å². The molecular formula is C9H4F4O2. The van der Waals surface area contributed by atoms with Gasteiger partial charge < -0.3 is 4.74 Å². The van der Waals surface area contributed by atoms with Crippen LogP contribution in [0.15, 0.2) is 18.9 Å². The first kappa shape index (κ1) is 11.2. The van der Waals surface area contributed by atoms with Crippen LogP contribution >= 0.6 is 0 Å². The first-order valence-corrected chi connectivity index (χ1v) is 3.64. The van der Waals surface area contributed by atoms with Crippen LogP contribution < -0.4 is 0 Å². The summed E-state index contributed by atoms with van der Waals surface area (Å²) in [6.45, 7) is 2.99. The molecule has 1 aromatic rings. The Morgan fingerprint density at radius 1 is 1.20 bits per heavy atom. The number of benzene rings is 1. The van der Waals surface area contributed by atoms with E-state index < -0.39 is 34.8 Å². The van der Waals surface area contributed by atoms with E-state index in [-0.39, 0.29) is 6.07 Å². The van der Waals surface area contributed by atoms with Crippen molar-refractivity contribution in [1.29, 1.82) is 0 Å². The second-order valence-corrected chi connectivity index (χ2v) is 2.42. The molecule has 0 radical (unpaired) electrons. The van der Waals surface area contributed by atoms with Gasteiger partial charge in [-0.3, -0.25) is 0 Å². The molecule has 0 atom stereocenters. The van der Waals surface area contributed by atoms with Crippen LogP contribution in [0.25, 0.3) is 0 Å². The molecule has 0 aliphatic rings. The van der Waals surface area contributed by atoms with Crippen molar-refractivity contribution in [2.45, 2.75) is 0 Å². The summed E-state index contributed by atoms with van der Waals surface area (Å²) in [7, 11) is 0. The predicted molar refractivity (Wildman–Crippen MR) is 41.9 cm³/mol. The molecule has 0 fully saturated rings. The highest BCUT2D eigenvalue weighted by molar-refractivity contribution is 5.90. The van der Waals surface area contributed by atoms with E-state index in [0.717, 1.165) is 0 Å². The standard InChI is InChI=1S/C9H4F4O2/c1-2-15-9(14)4-3-5(10)7(12)8(13)6(4)11/h2-3H,1H2. The normalized spacial score (nSPS) is 9.87. The molecule has 80 valence electrons. The fourth-order valence-electron chi connectivity index (χ4n) is 0.861. The number of hydrogen-bond donors (Lipinski definition) is 0. The van der Waals surface area contributed by atoms with Crippen molar-refractivity contribution in [1.82, 2.24) is 0 Å². The Bertz CT molecular complexity index is 429. The van der Waals surface area contributed by atoms with Crippen LogP contribution in [-0.2, 0) is 4.74 Å². The highest BCUT2D eigenvalue weighted by Gasteiger charge is 2.23. The zero-order valence-corrected chi connectivity index (χ0v) is 7.19. The zero-order chi connectivity index (χ0) is 11.6. The van der Waals surface area contributed by atoms with Crippen molar-refractivity contribution >= 4 is 5.97 Å². The second-order valence-electron chi connectivity index (χ2n) is 2.42. The third-order valence-corrected chi connectivity index (χ3v) is 1.51. The molecule has 0 N–H and O–H groups in total. The molecule has 1 aromatic carbocycles. The van der Waals surface area contributed by atoms with Crippen LogP contribution in [0.3, 0.4) is 0 Å². The lowest BCUT2D eigenvalue weighted by atomic mass is 10.2. The Kier molecular flexibility index (Phi) is 3.08. The van der Waals surface area contributed by atoms with E-state index in [2.05, 4.69) is 11.3 Å². The van der Waals surface area contributed by atoms with Gasteiger partial charge in [0.1, 0.15) is 5.56 Å². The lowest BCUT2D eigenvalue weighted by Gasteiger charge is -2.03. The summed E-state index contributed by atoms with van der Waals surface area (Å²) in [5.41, 5.74) is -1.04. The number of halogens is 4. The van der Waals surface area contributed by atoms with Crippen LogP contribution in [0.1, 0.15) is 10.4 Å². The van der Waals surface area contributed by atoms with Crippen molar-refractivity contribution < 1.29 is 27.1 Å². The van der Waals surface area contributed by atoms with Gasteiger partial charge in [-0.05, 0) is 6.07 Å². The minimum atomic E-state index is -2.06. The topological polar surface area (TPSA) is 26.3 Å². The second kappa shape index (κ2) is 4.12. The van der Waals surface area contributed by atoms with Crippen LogP contribution in [0.4, 0.5) is 17.6 Å². The molecule has 0 unspecified atom stereocenters. The molecule has 0 saturated heterocycles. The average Bonchev–Trinajstić information content (AvgIpc) is 2.20. The van der Waals surface area contributed by atoms with Gasteiger partial charge in [-0.1, -0.05) is 6.58 Å². The molecule has 2 nitrogen and oxygen atoms in total. The van der Waals surface area contributed by atoms with Gasteiger partial charge in [-0.25, -0.2) is 22.4 Å². The van der Waals surface area contributed by atoms with Crippen LogP contribution in [0.2, 0.25) is 0 Å². The molecule has 15 heavy (non-hydrogen) atoms. The van der Waals surface area contributed by atoms with Gasteiger partial charge in [0, 0.05) is 0 Å². The van der Waals surface area contributed by atoms with E-state index in [0.29, 0.717) is 6.26 Å². The molecule has 0 aromatic heterocycles. The Morgan fingerprint density at radius 3 is 2.33 bits per heavy atom. The summed E-state index contributed by atoms with van der Waals surface area (Å²) < 4.78 is 54.7. The summed E-state index contributed by atoms with van der Waals surface area (Å²) >= 11 is 0. The van der Waals surface area contributed by atoms with E-state index in [4.69, 9.17) is 0 Å². The molecule has 0 saturated carbocycles. The fraction of sp³-hybridized carbons (Fsp3) is 0. The lowest BCUT2D eigenvalue weighted by Crippen LogP contribution is -2.08. The van der Waals surface area contributed by atoms with Gasteiger partial charge >= 0.3 is 5.97 Å². The molecule has 0 heterocycles. The monoisotopic (exact) mass is 220 g/mol. The van der Waals surface area contributed by atoms with Gasteiger partial charge in [0.15, 0.2) is 23.3 Å². The molecule has 0 bridgehead atoms. The highest BCUT2D eigenvalue weighted by atomic mass is 19.2. The van der Waals surface area contributed by atoms with E-state index in [1.165, 1.54) is 0 Å². The number of esters is 1. The number of carbonyl (C=O) groups is 1. The van der Waals surface area contributed by atoms with Gasteiger partial charge in [-0.2, -0.15) is 0 Å². The molecule has 0 spiro atoms. The lowest BCUT2D eigenvalue weighted by molar-refractivity contribution is 0.0656. The maximum Gasteiger partial charge on any atom is 0.346 e. The van der Waals surface area contributed by atoms with E-state index in [1.54, 1.807) is 0 Å². The maximum atomic E-state index is 12.9. The molecule has 0 aliphatic carbocycles. The first-order chi connectivity index (χ1) is 6.99. The van der Waals surface area contributed by atoms with Crippen molar-refractivity contribution in [3.8, 4) is 0 Å². The van der Waals surface area contributed by atoms with Crippen LogP contribution in [0.5, 0.6) is 0 Å². The summed E-state index contributed by atoms with van der Waals surface area (Å²) in [5.74, 6) is -8.89. The number of ether oxygens (including phenoxy) is 1. The fourth-order valence-corrected chi connectivity index (χ4v) is 0.861. The molecule has 1 rings (SSSR count). The average molecular weight is 220 g/mol. The predicted octanol–water partition coefficient (Wildman–Crippen LogP) is 2.54.